The molecule has 0 bridgehead atoms. The largest absolute Gasteiger partial charge is 0.243 e. The van der Waals surface area contributed by atoms with Crippen molar-refractivity contribution in [1.29, 1.82) is 0 Å². The van der Waals surface area contributed by atoms with Crippen LogP contribution in [0.25, 0.3) is 5.69 Å². The summed E-state index contributed by atoms with van der Waals surface area (Å²) in [6.07, 6.45) is 1.26. The summed E-state index contributed by atoms with van der Waals surface area (Å²) < 4.78 is 29.7. The van der Waals surface area contributed by atoms with Crippen molar-refractivity contribution >= 4 is 21.6 Å². The maximum atomic E-state index is 12.6. The number of benzene rings is 1. The van der Waals surface area contributed by atoms with Gasteiger partial charge in [-0.2, -0.15) is 5.10 Å². The van der Waals surface area contributed by atoms with Gasteiger partial charge in [-0.1, -0.05) is 23.7 Å². The van der Waals surface area contributed by atoms with E-state index < -0.39 is 16.1 Å². The fourth-order valence-electron chi connectivity index (χ4n) is 2.84. The minimum Gasteiger partial charge on any atom is -0.243 e. The number of pyridine rings is 1. The van der Waals surface area contributed by atoms with E-state index >= 15 is 0 Å². The standard InChI is InChI=1S/C19H21ClN4O2S/c1-12-9-18(11-21-19(12)20)27(25,26)23-15(4)16-5-7-17(8-6-16)24-14(3)10-13(2)22-24/h5-11,15,23H,1-4H3/t15-/m1/s1. The first-order chi connectivity index (χ1) is 12.7. The van der Waals surface area contributed by atoms with Crippen LogP contribution in [0.4, 0.5) is 0 Å². The van der Waals surface area contributed by atoms with Gasteiger partial charge in [0.2, 0.25) is 10.0 Å². The Morgan fingerprint density at radius 3 is 2.33 bits per heavy atom. The Labute approximate surface area is 164 Å². The van der Waals surface area contributed by atoms with Crippen molar-refractivity contribution in [3.8, 4) is 5.69 Å². The number of nitrogens with zero attached hydrogens (tertiary/aromatic N) is 3. The Morgan fingerprint density at radius 1 is 1.11 bits per heavy atom. The van der Waals surface area contributed by atoms with Gasteiger partial charge in [-0.25, -0.2) is 22.8 Å². The molecule has 0 saturated carbocycles. The highest BCUT2D eigenvalue weighted by Crippen LogP contribution is 2.21. The van der Waals surface area contributed by atoms with Crippen LogP contribution in [-0.4, -0.2) is 23.2 Å². The molecule has 1 aromatic carbocycles. The van der Waals surface area contributed by atoms with Crippen LogP contribution in [0, 0.1) is 20.8 Å². The molecular weight excluding hydrogens is 384 g/mol. The van der Waals surface area contributed by atoms with Crippen molar-refractivity contribution in [2.24, 2.45) is 0 Å². The van der Waals surface area contributed by atoms with Crippen LogP contribution in [0.3, 0.4) is 0 Å². The molecule has 0 saturated heterocycles. The van der Waals surface area contributed by atoms with Crippen LogP contribution in [-0.2, 0) is 10.0 Å². The minimum absolute atomic E-state index is 0.0931. The molecule has 0 aliphatic heterocycles. The third-order valence-electron chi connectivity index (χ3n) is 4.28. The summed E-state index contributed by atoms with van der Waals surface area (Å²) in [5.74, 6) is 0. The van der Waals surface area contributed by atoms with E-state index in [1.165, 1.54) is 12.3 Å². The second-order valence-electron chi connectivity index (χ2n) is 6.55. The lowest BCUT2D eigenvalue weighted by atomic mass is 10.1. The Kier molecular flexibility index (Phi) is 5.37. The normalized spacial score (nSPS) is 12.9. The molecule has 1 atom stereocenters. The number of halogens is 1. The highest BCUT2D eigenvalue weighted by Gasteiger charge is 2.20. The Hall–Kier alpha value is -2.22. The number of aromatic nitrogens is 3. The van der Waals surface area contributed by atoms with E-state index in [1.54, 1.807) is 13.8 Å². The summed E-state index contributed by atoms with van der Waals surface area (Å²) >= 11 is 5.88. The fourth-order valence-corrected chi connectivity index (χ4v) is 4.21. The molecule has 0 aliphatic carbocycles. The van der Waals surface area contributed by atoms with Gasteiger partial charge < -0.3 is 0 Å². The van der Waals surface area contributed by atoms with E-state index in [-0.39, 0.29) is 4.90 Å². The lowest BCUT2D eigenvalue weighted by molar-refractivity contribution is 0.566. The zero-order chi connectivity index (χ0) is 19.8. The Morgan fingerprint density at radius 2 is 1.78 bits per heavy atom. The average Bonchev–Trinajstić information content (AvgIpc) is 2.95. The molecule has 0 amide bonds. The molecule has 1 N–H and O–H groups in total. The molecule has 0 radical (unpaired) electrons. The maximum absolute atomic E-state index is 12.6. The summed E-state index contributed by atoms with van der Waals surface area (Å²) in [6.45, 7) is 7.45. The van der Waals surface area contributed by atoms with Crippen LogP contribution in [0.2, 0.25) is 5.15 Å². The molecule has 2 heterocycles. The molecule has 142 valence electrons. The van der Waals surface area contributed by atoms with E-state index in [4.69, 9.17) is 11.6 Å². The van der Waals surface area contributed by atoms with Crippen LogP contribution in [0.1, 0.15) is 35.5 Å². The van der Waals surface area contributed by atoms with Gasteiger partial charge in [0.1, 0.15) is 10.0 Å². The first-order valence-corrected chi connectivity index (χ1v) is 10.3. The van der Waals surface area contributed by atoms with E-state index in [2.05, 4.69) is 14.8 Å². The van der Waals surface area contributed by atoms with E-state index in [0.717, 1.165) is 22.6 Å². The highest BCUT2D eigenvalue weighted by atomic mass is 35.5. The molecule has 27 heavy (non-hydrogen) atoms. The zero-order valence-corrected chi connectivity index (χ0v) is 17.1. The van der Waals surface area contributed by atoms with E-state index in [9.17, 15) is 8.42 Å². The van der Waals surface area contributed by atoms with Gasteiger partial charge in [0.15, 0.2) is 0 Å². The molecule has 6 nitrogen and oxygen atoms in total. The molecule has 0 fully saturated rings. The molecule has 3 rings (SSSR count). The van der Waals surface area contributed by atoms with Crippen molar-refractivity contribution in [3.05, 3.63) is 70.3 Å². The van der Waals surface area contributed by atoms with Crippen molar-refractivity contribution in [1.82, 2.24) is 19.5 Å². The van der Waals surface area contributed by atoms with Crippen molar-refractivity contribution < 1.29 is 8.42 Å². The second-order valence-corrected chi connectivity index (χ2v) is 8.62. The van der Waals surface area contributed by atoms with Gasteiger partial charge in [-0.05, 0) is 63.1 Å². The van der Waals surface area contributed by atoms with Crippen molar-refractivity contribution in [3.63, 3.8) is 0 Å². The van der Waals surface area contributed by atoms with Gasteiger partial charge >= 0.3 is 0 Å². The van der Waals surface area contributed by atoms with Gasteiger partial charge in [0.25, 0.3) is 0 Å². The molecular formula is C19H21ClN4O2S. The maximum Gasteiger partial charge on any atom is 0.242 e. The summed E-state index contributed by atoms with van der Waals surface area (Å²) in [4.78, 5) is 4.01. The van der Waals surface area contributed by atoms with E-state index in [0.29, 0.717) is 10.7 Å². The lowest BCUT2D eigenvalue weighted by Crippen LogP contribution is -2.27. The topological polar surface area (TPSA) is 76.9 Å². The first-order valence-electron chi connectivity index (χ1n) is 8.45. The molecule has 2 aromatic heterocycles. The lowest BCUT2D eigenvalue weighted by Gasteiger charge is -2.15. The number of rotatable bonds is 5. The van der Waals surface area contributed by atoms with Crippen LogP contribution < -0.4 is 4.72 Å². The summed E-state index contributed by atoms with van der Waals surface area (Å²) in [6, 6.07) is 10.7. The zero-order valence-electron chi connectivity index (χ0n) is 15.6. The summed E-state index contributed by atoms with van der Waals surface area (Å²) in [5, 5.41) is 4.75. The molecule has 0 aliphatic rings. The quantitative estimate of drug-likeness (QED) is 0.654. The number of hydrogen-bond donors (Lipinski definition) is 1. The Balaban J connectivity index is 1.80. The van der Waals surface area contributed by atoms with Crippen molar-refractivity contribution in [2.75, 3.05) is 0 Å². The van der Waals surface area contributed by atoms with Crippen LogP contribution in [0.15, 0.2) is 47.5 Å². The smallest absolute Gasteiger partial charge is 0.242 e. The SMILES string of the molecule is Cc1cc(C)n(-c2ccc([C@@H](C)NS(=O)(=O)c3cnc(Cl)c(C)c3)cc2)n1. The monoisotopic (exact) mass is 404 g/mol. The third-order valence-corrected chi connectivity index (χ3v) is 6.18. The van der Waals surface area contributed by atoms with Gasteiger partial charge in [0.05, 0.1) is 11.4 Å². The number of hydrogen-bond acceptors (Lipinski definition) is 4. The molecule has 3 aromatic rings. The van der Waals surface area contributed by atoms with Gasteiger partial charge in [-0.15, -0.1) is 0 Å². The predicted molar refractivity (Wildman–Crippen MR) is 106 cm³/mol. The number of nitrogens with one attached hydrogen (secondary N) is 1. The fraction of sp³-hybridized carbons (Fsp3) is 0.263. The summed E-state index contributed by atoms with van der Waals surface area (Å²) in [7, 11) is -3.70. The van der Waals surface area contributed by atoms with Crippen molar-refractivity contribution in [2.45, 2.75) is 38.6 Å². The number of sulfonamides is 1. The second kappa shape index (κ2) is 7.42. The minimum atomic E-state index is -3.70. The number of aryl methyl sites for hydroxylation is 3. The predicted octanol–water partition coefficient (Wildman–Crippen LogP) is 3.89. The van der Waals surface area contributed by atoms with Crippen LogP contribution in [0.5, 0.6) is 0 Å². The summed E-state index contributed by atoms with van der Waals surface area (Å²) in [5.41, 5.74) is 4.38. The van der Waals surface area contributed by atoms with Crippen LogP contribution >= 0.6 is 11.6 Å². The average molecular weight is 405 g/mol. The molecule has 0 unspecified atom stereocenters. The van der Waals surface area contributed by atoms with E-state index in [1.807, 2.05) is 48.9 Å². The molecule has 0 spiro atoms. The highest BCUT2D eigenvalue weighted by molar-refractivity contribution is 7.89. The first kappa shape index (κ1) is 19.5. The van der Waals surface area contributed by atoms with Gasteiger partial charge in [0, 0.05) is 17.9 Å². The Bertz CT molecular complexity index is 1080. The third kappa shape index (κ3) is 4.21. The molecule has 8 heteroatoms. The van der Waals surface area contributed by atoms with Gasteiger partial charge in [-0.3, -0.25) is 0 Å².